The van der Waals surface area contributed by atoms with Crippen molar-refractivity contribution in [1.82, 2.24) is 0 Å². The predicted octanol–water partition coefficient (Wildman–Crippen LogP) is 7.44. The van der Waals surface area contributed by atoms with Crippen molar-refractivity contribution < 1.29 is 0 Å². The van der Waals surface area contributed by atoms with Gasteiger partial charge in [-0.1, -0.05) is 49.8 Å². The zero-order chi connectivity index (χ0) is 16.0. The van der Waals surface area contributed by atoms with Gasteiger partial charge in [-0.25, -0.2) is 0 Å². The van der Waals surface area contributed by atoms with Crippen LogP contribution in [-0.2, 0) is 0 Å². The van der Waals surface area contributed by atoms with E-state index < -0.39 is 8.07 Å². The first-order chi connectivity index (χ1) is 9.57. The molecule has 2 rings (SSSR count). The minimum atomic E-state index is -1.49. The van der Waals surface area contributed by atoms with Crippen molar-refractivity contribution in [2.75, 3.05) is 6.26 Å². The monoisotopic (exact) mass is 482 g/mol. The summed E-state index contributed by atoms with van der Waals surface area (Å²) in [6.07, 6.45) is 2.13. The molecule has 0 aliphatic heterocycles. The van der Waals surface area contributed by atoms with Crippen LogP contribution in [0.3, 0.4) is 0 Å². The molecule has 2 heterocycles. The van der Waals surface area contributed by atoms with Gasteiger partial charge in [0, 0.05) is 23.2 Å². The summed E-state index contributed by atoms with van der Waals surface area (Å²) >= 11 is 13.1. The molecular weight excluding hydrogens is 464 g/mol. The van der Waals surface area contributed by atoms with Crippen molar-refractivity contribution in [3.05, 3.63) is 21.1 Å². The van der Waals surface area contributed by atoms with Crippen LogP contribution in [-0.4, -0.2) is 14.3 Å². The fraction of sp³-hybridized carbons (Fsp3) is 0.467. The van der Waals surface area contributed by atoms with Crippen LogP contribution in [0.2, 0.25) is 18.1 Å². The third-order valence-corrected chi connectivity index (χ3v) is 17.0. The lowest BCUT2D eigenvalue weighted by molar-refractivity contribution is 0.730. The normalized spacial score (nSPS) is 13.0. The number of halogens is 2. The van der Waals surface area contributed by atoms with Crippen LogP contribution >= 0.6 is 66.3 Å². The lowest BCUT2D eigenvalue weighted by Crippen LogP contribution is -2.48. The summed E-state index contributed by atoms with van der Waals surface area (Å²) in [5.74, 6) is 0. The summed E-state index contributed by atoms with van der Waals surface area (Å²) in [5.41, 5.74) is 0. The van der Waals surface area contributed by atoms with E-state index in [4.69, 9.17) is 0 Å². The molecule has 0 atom stereocenters. The number of thioether (sulfide) groups is 1. The third kappa shape index (κ3) is 3.55. The van der Waals surface area contributed by atoms with Gasteiger partial charge in [0.1, 0.15) is 8.07 Å². The van der Waals surface area contributed by atoms with Gasteiger partial charge in [0.05, 0.1) is 4.21 Å². The van der Waals surface area contributed by atoms with Gasteiger partial charge < -0.3 is 0 Å². The van der Waals surface area contributed by atoms with Gasteiger partial charge in [0.15, 0.2) is 0 Å². The highest BCUT2D eigenvalue weighted by molar-refractivity contribution is 9.11. The Kier molecular flexibility index (Phi) is 5.60. The maximum atomic E-state index is 3.82. The highest BCUT2D eigenvalue weighted by Gasteiger charge is 2.39. The average molecular weight is 484 g/mol. The van der Waals surface area contributed by atoms with E-state index in [0.29, 0.717) is 5.04 Å². The SMILES string of the molecule is CSc1sc(-c2cc(Br)c([Si](C)(C)C(C)(C)C)s2)cc1Br. The molecule has 0 N–H and O–H groups in total. The van der Waals surface area contributed by atoms with Crippen molar-refractivity contribution in [2.45, 2.75) is 43.1 Å². The molecule has 0 unspecified atom stereocenters. The Morgan fingerprint density at radius 1 is 1.00 bits per heavy atom. The van der Waals surface area contributed by atoms with Crippen LogP contribution in [0.1, 0.15) is 20.8 Å². The Morgan fingerprint density at radius 2 is 1.52 bits per heavy atom. The number of thiophene rings is 2. The van der Waals surface area contributed by atoms with Gasteiger partial charge in [-0.05, 0) is 39.4 Å². The highest BCUT2D eigenvalue weighted by Crippen LogP contribution is 2.44. The van der Waals surface area contributed by atoms with Gasteiger partial charge in [-0.3, -0.25) is 0 Å². The Morgan fingerprint density at radius 3 is 2.00 bits per heavy atom. The van der Waals surface area contributed by atoms with Crippen LogP contribution in [0.15, 0.2) is 25.3 Å². The zero-order valence-corrected chi connectivity index (χ0v) is 19.8. The zero-order valence-electron chi connectivity index (χ0n) is 13.1. The van der Waals surface area contributed by atoms with Crippen molar-refractivity contribution in [1.29, 1.82) is 0 Å². The van der Waals surface area contributed by atoms with E-state index in [1.807, 2.05) is 22.7 Å². The molecule has 0 aromatic carbocycles. The minimum Gasteiger partial charge on any atom is -0.143 e. The van der Waals surface area contributed by atoms with E-state index in [9.17, 15) is 0 Å². The van der Waals surface area contributed by atoms with Gasteiger partial charge in [0.25, 0.3) is 0 Å². The first-order valence-electron chi connectivity index (χ1n) is 6.71. The Bertz CT molecular complexity index is 650. The summed E-state index contributed by atoms with van der Waals surface area (Å²) in [6.45, 7) is 12.1. The van der Waals surface area contributed by atoms with Crippen molar-refractivity contribution in [2.24, 2.45) is 0 Å². The third-order valence-electron chi connectivity index (χ3n) is 4.21. The number of rotatable bonds is 3. The Balaban J connectivity index is 2.48. The standard InChI is InChI=1S/C15H20Br2S3Si/c1-15(2,3)21(5,6)14-10(17)8-12(20-14)11-7-9(16)13(18-4)19-11/h7-8H,1-6H3. The average Bonchev–Trinajstić information content (AvgIpc) is 2.91. The van der Waals surface area contributed by atoms with E-state index in [-0.39, 0.29) is 0 Å². The van der Waals surface area contributed by atoms with Gasteiger partial charge >= 0.3 is 0 Å². The smallest absolute Gasteiger partial charge is 0.100 e. The summed E-state index contributed by atoms with van der Waals surface area (Å²) in [6, 6.07) is 4.56. The van der Waals surface area contributed by atoms with E-state index in [2.05, 4.69) is 84.1 Å². The van der Waals surface area contributed by atoms with Crippen LogP contribution in [0, 0.1) is 0 Å². The fourth-order valence-corrected chi connectivity index (χ4v) is 11.2. The van der Waals surface area contributed by atoms with Crippen LogP contribution < -0.4 is 4.50 Å². The molecule has 116 valence electrons. The maximum Gasteiger partial charge on any atom is 0.100 e. The molecule has 0 bridgehead atoms. The minimum absolute atomic E-state index is 0.359. The van der Waals surface area contributed by atoms with Crippen LogP contribution in [0.4, 0.5) is 0 Å². The summed E-state index contributed by atoms with van der Waals surface area (Å²) < 4.78 is 5.43. The molecule has 0 nitrogen and oxygen atoms in total. The molecule has 0 aliphatic rings. The second-order valence-electron chi connectivity index (χ2n) is 6.61. The van der Waals surface area contributed by atoms with Crippen LogP contribution in [0.5, 0.6) is 0 Å². The first-order valence-corrected chi connectivity index (χ1v) is 14.2. The molecule has 6 heteroatoms. The molecule has 0 aliphatic carbocycles. The predicted molar refractivity (Wildman–Crippen MR) is 112 cm³/mol. The van der Waals surface area contributed by atoms with Crippen molar-refractivity contribution >= 4 is 78.9 Å². The molecule has 0 saturated carbocycles. The maximum absolute atomic E-state index is 3.82. The molecular formula is C15H20Br2S3Si. The second-order valence-corrected chi connectivity index (χ2v) is 17.1. The molecule has 21 heavy (non-hydrogen) atoms. The van der Waals surface area contributed by atoms with Crippen LogP contribution in [0.25, 0.3) is 9.75 Å². The summed E-state index contributed by atoms with van der Waals surface area (Å²) in [4.78, 5) is 2.74. The second kappa shape index (κ2) is 6.44. The van der Waals surface area contributed by atoms with E-state index in [0.717, 1.165) is 0 Å². The molecule has 0 amide bonds. The quantitative estimate of drug-likeness (QED) is 0.322. The lowest BCUT2D eigenvalue weighted by Gasteiger charge is -2.36. The van der Waals surface area contributed by atoms with E-state index >= 15 is 0 Å². The largest absolute Gasteiger partial charge is 0.143 e. The summed E-state index contributed by atoms with van der Waals surface area (Å²) in [5, 5.41) is 0.359. The topological polar surface area (TPSA) is 0 Å². The Hall–Kier alpha value is 0.927. The first kappa shape index (κ1) is 18.3. The molecule has 2 aromatic rings. The van der Waals surface area contributed by atoms with E-state index in [1.165, 1.54) is 22.9 Å². The highest BCUT2D eigenvalue weighted by atomic mass is 79.9. The van der Waals surface area contributed by atoms with E-state index in [1.54, 1.807) is 16.3 Å². The number of hydrogen-bond donors (Lipinski definition) is 0. The molecule has 2 aromatic heterocycles. The lowest BCUT2D eigenvalue weighted by atomic mass is 10.2. The number of hydrogen-bond acceptors (Lipinski definition) is 3. The van der Waals surface area contributed by atoms with Gasteiger partial charge in [-0.2, -0.15) is 0 Å². The van der Waals surface area contributed by atoms with Gasteiger partial charge in [-0.15, -0.1) is 34.4 Å². The van der Waals surface area contributed by atoms with Crippen molar-refractivity contribution in [3.8, 4) is 9.75 Å². The van der Waals surface area contributed by atoms with Crippen molar-refractivity contribution in [3.63, 3.8) is 0 Å². The molecule has 0 spiro atoms. The fourth-order valence-electron chi connectivity index (χ4n) is 1.87. The summed E-state index contributed by atoms with van der Waals surface area (Å²) in [7, 11) is -1.49. The molecule has 0 saturated heterocycles. The Labute approximate surface area is 158 Å². The molecule has 0 fully saturated rings. The molecule has 0 radical (unpaired) electrons. The van der Waals surface area contributed by atoms with Gasteiger partial charge in [0.2, 0.25) is 0 Å².